The third-order valence-corrected chi connectivity index (χ3v) is 5.63. The zero-order chi connectivity index (χ0) is 23.4. The topological polar surface area (TPSA) is 107 Å². The minimum atomic E-state index is -0.307. The first kappa shape index (κ1) is 22.2. The standard InChI is InChI=1S/C24H25N5O4/c1-15-18(23(30)28-19-6-4-5-7-20(19)32-2)13-26-22(27-15)17-10-11-29(14-17)24(31)16-8-9-21(33-3)25-12-16/h4-9,12-13,17H,10-11,14H2,1-3H3,(H,28,30)/t17-/m0/s1. The molecule has 170 valence electrons. The van der Waals surface area contributed by atoms with Crippen LogP contribution in [0.4, 0.5) is 5.69 Å². The first-order valence-corrected chi connectivity index (χ1v) is 10.6. The lowest BCUT2D eigenvalue weighted by Gasteiger charge is -2.16. The largest absolute Gasteiger partial charge is 0.495 e. The fraction of sp³-hybridized carbons (Fsp3) is 0.292. The predicted octanol–water partition coefficient (Wildman–Crippen LogP) is 3.08. The maximum absolute atomic E-state index is 12.8. The van der Waals surface area contributed by atoms with Crippen LogP contribution in [-0.4, -0.2) is 59.0 Å². The number of hydrogen-bond donors (Lipinski definition) is 1. The van der Waals surface area contributed by atoms with Gasteiger partial charge in [0.2, 0.25) is 5.88 Å². The lowest BCUT2D eigenvalue weighted by molar-refractivity contribution is 0.0790. The number of aryl methyl sites for hydroxylation is 1. The number of nitrogens with zero attached hydrogens (tertiary/aromatic N) is 4. The van der Waals surface area contributed by atoms with Gasteiger partial charge in [-0.1, -0.05) is 12.1 Å². The molecule has 1 atom stereocenters. The van der Waals surface area contributed by atoms with Crippen LogP contribution in [0.5, 0.6) is 11.6 Å². The SMILES string of the molecule is COc1ccc(C(=O)N2CC[C@H](c3ncc(C(=O)Nc4ccccc4OC)c(C)n3)C2)cn1. The van der Waals surface area contributed by atoms with E-state index in [-0.39, 0.29) is 17.7 Å². The molecule has 1 N–H and O–H groups in total. The number of carbonyl (C=O) groups is 2. The van der Waals surface area contributed by atoms with Gasteiger partial charge in [-0.25, -0.2) is 15.0 Å². The molecule has 33 heavy (non-hydrogen) atoms. The second kappa shape index (κ2) is 9.64. The molecule has 2 amide bonds. The number of anilines is 1. The van der Waals surface area contributed by atoms with Crippen LogP contribution in [0.1, 0.15) is 44.6 Å². The van der Waals surface area contributed by atoms with Crippen LogP contribution < -0.4 is 14.8 Å². The van der Waals surface area contributed by atoms with Crippen LogP contribution in [0.3, 0.4) is 0 Å². The smallest absolute Gasteiger partial charge is 0.259 e. The molecule has 0 unspecified atom stereocenters. The molecule has 3 aromatic rings. The molecule has 4 rings (SSSR count). The summed E-state index contributed by atoms with van der Waals surface area (Å²) in [5.74, 6) is 1.28. The van der Waals surface area contributed by atoms with Crippen molar-refractivity contribution in [3.05, 3.63) is 71.4 Å². The van der Waals surface area contributed by atoms with Gasteiger partial charge in [0.05, 0.1) is 36.7 Å². The van der Waals surface area contributed by atoms with Gasteiger partial charge >= 0.3 is 0 Å². The molecule has 9 nitrogen and oxygen atoms in total. The van der Waals surface area contributed by atoms with Crippen molar-refractivity contribution in [3.63, 3.8) is 0 Å². The second-order valence-corrected chi connectivity index (χ2v) is 7.71. The zero-order valence-corrected chi connectivity index (χ0v) is 18.7. The number of methoxy groups -OCH3 is 2. The number of benzene rings is 1. The van der Waals surface area contributed by atoms with Gasteiger partial charge < -0.3 is 19.7 Å². The number of rotatable bonds is 6. The molecule has 1 saturated heterocycles. The van der Waals surface area contributed by atoms with Gasteiger partial charge in [0.15, 0.2) is 0 Å². The summed E-state index contributed by atoms with van der Waals surface area (Å²) >= 11 is 0. The number of hydrogen-bond acceptors (Lipinski definition) is 7. The van der Waals surface area contributed by atoms with E-state index in [0.29, 0.717) is 53.1 Å². The van der Waals surface area contributed by atoms with Gasteiger partial charge in [-0.2, -0.15) is 0 Å². The second-order valence-electron chi connectivity index (χ2n) is 7.71. The van der Waals surface area contributed by atoms with Gasteiger partial charge in [-0.3, -0.25) is 9.59 Å². The molecule has 1 aromatic carbocycles. The summed E-state index contributed by atoms with van der Waals surface area (Å²) in [5.41, 5.74) is 2.06. The lowest BCUT2D eigenvalue weighted by atomic mass is 10.1. The summed E-state index contributed by atoms with van der Waals surface area (Å²) < 4.78 is 10.3. The highest BCUT2D eigenvalue weighted by Crippen LogP contribution is 2.27. The van der Waals surface area contributed by atoms with E-state index >= 15 is 0 Å². The number of para-hydroxylation sites is 2. The van der Waals surface area contributed by atoms with Gasteiger partial charge in [-0.15, -0.1) is 0 Å². The van der Waals surface area contributed by atoms with Gasteiger partial charge in [0, 0.05) is 37.5 Å². The summed E-state index contributed by atoms with van der Waals surface area (Å²) in [7, 11) is 3.08. The molecule has 0 saturated carbocycles. The Morgan fingerprint density at radius 2 is 1.88 bits per heavy atom. The van der Waals surface area contributed by atoms with Crippen molar-refractivity contribution in [1.82, 2.24) is 19.9 Å². The van der Waals surface area contributed by atoms with Crippen molar-refractivity contribution in [2.24, 2.45) is 0 Å². The molecular weight excluding hydrogens is 422 g/mol. The minimum Gasteiger partial charge on any atom is -0.495 e. The van der Waals surface area contributed by atoms with Crippen molar-refractivity contribution in [1.29, 1.82) is 0 Å². The maximum Gasteiger partial charge on any atom is 0.259 e. The highest BCUT2D eigenvalue weighted by Gasteiger charge is 2.30. The number of aromatic nitrogens is 3. The third kappa shape index (κ3) is 4.77. The Morgan fingerprint density at radius 3 is 2.58 bits per heavy atom. The Balaban J connectivity index is 1.43. The quantitative estimate of drug-likeness (QED) is 0.619. The van der Waals surface area contributed by atoms with Crippen molar-refractivity contribution in [3.8, 4) is 11.6 Å². The van der Waals surface area contributed by atoms with Crippen molar-refractivity contribution in [2.45, 2.75) is 19.3 Å². The Hall–Kier alpha value is -4.01. The highest BCUT2D eigenvalue weighted by molar-refractivity contribution is 6.05. The Morgan fingerprint density at radius 1 is 1.06 bits per heavy atom. The van der Waals surface area contributed by atoms with E-state index in [9.17, 15) is 9.59 Å². The first-order valence-electron chi connectivity index (χ1n) is 10.6. The Labute approximate surface area is 191 Å². The predicted molar refractivity (Wildman–Crippen MR) is 122 cm³/mol. The number of amides is 2. The molecule has 1 aliphatic rings. The lowest BCUT2D eigenvalue weighted by Crippen LogP contribution is -2.28. The summed E-state index contributed by atoms with van der Waals surface area (Å²) in [6.45, 7) is 2.90. The zero-order valence-electron chi connectivity index (χ0n) is 18.7. The first-order chi connectivity index (χ1) is 16.0. The molecular formula is C24H25N5O4. The molecule has 1 aliphatic heterocycles. The summed E-state index contributed by atoms with van der Waals surface area (Å²) in [5, 5.41) is 2.84. The normalized spacial score (nSPS) is 15.2. The fourth-order valence-electron chi connectivity index (χ4n) is 3.81. The molecule has 0 radical (unpaired) electrons. The average molecular weight is 447 g/mol. The molecule has 0 spiro atoms. The van der Waals surface area contributed by atoms with Gasteiger partial charge in [-0.05, 0) is 31.5 Å². The van der Waals surface area contributed by atoms with Crippen LogP contribution in [0, 0.1) is 6.92 Å². The van der Waals surface area contributed by atoms with Crippen molar-refractivity contribution >= 4 is 17.5 Å². The molecule has 0 bridgehead atoms. The van der Waals surface area contributed by atoms with Crippen molar-refractivity contribution in [2.75, 3.05) is 32.6 Å². The molecule has 2 aromatic heterocycles. The number of ether oxygens (including phenoxy) is 2. The highest BCUT2D eigenvalue weighted by atomic mass is 16.5. The minimum absolute atomic E-state index is 0.00480. The van der Waals surface area contributed by atoms with Crippen LogP contribution in [0.2, 0.25) is 0 Å². The molecule has 0 aliphatic carbocycles. The number of likely N-dealkylation sites (tertiary alicyclic amines) is 1. The van der Waals surface area contributed by atoms with Crippen LogP contribution in [-0.2, 0) is 0 Å². The van der Waals surface area contributed by atoms with Crippen LogP contribution >= 0.6 is 0 Å². The molecule has 1 fully saturated rings. The number of pyridine rings is 1. The maximum atomic E-state index is 12.8. The van der Waals surface area contributed by atoms with E-state index in [2.05, 4.69) is 20.3 Å². The average Bonchev–Trinajstić information content (AvgIpc) is 3.34. The van der Waals surface area contributed by atoms with E-state index in [4.69, 9.17) is 9.47 Å². The third-order valence-electron chi connectivity index (χ3n) is 5.63. The van der Waals surface area contributed by atoms with Crippen LogP contribution in [0.25, 0.3) is 0 Å². The Kier molecular flexibility index (Phi) is 6.48. The van der Waals surface area contributed by atoms with Crippen LogP contribution in [0.15, 0.2) is 48.8 Å². The summed E-state index contributed by atoms with van der Waals surface area (Å²) in [6, 6.07) is 10.6. The molecule has 9 heteroatoms. The van der Waals surface area contributed by atoms with E-state index in [1.54, 1.807) is 49.4 Å². The van der Waals surface area contributed by atoms with E-state index < -0.39 is 0 Å². The summed E-state index contributed by atoms with van der Waals surface area (Å²) in [6.07, 6.45) is 3.81. The van der Waals surface area contributed by atoms with Gasteiger partial charge in [0.25, 0.3) is 11.8 Å². The number of nitrogens with one attached hydrogen (secondary N) is 1. The summed E-state index contributed by atoms with van der Waals surface area (Å²) in [4.78, 5) is 40.5. The monoisotopic (exact) mass is 447 g/mol. The van der Waals surface area contributed by atoms with Crippen molar-refractivity contribution < 1.29 is 19.1 Å². The van der Waals surface area contributed by atoms with E-state index in [1.807, 2.05) is 12.1 Å². The van der Waals surface area contributed by atoms with E-state index in [1.165, 1.54) is 13.3 Å². The Bertz CT molecular complexity index is 1170. The van der Waals surface area contributed by atoms with Gasteiger partial charge in [0.1, 0.15) is 11.6 Å². The molecule has 3 heterocycles. The fourth-order valence-corrected chi connectivity index (χ4v) is 3.81. The van der Waals surface area contributed by atoms with E-state index in [0.717, 1.165) is 6.42 Å². The number of carbonyl (C=O) groups excluding carboxylic acids is 2.